The monoisotopic (exact) mass is 370 g/mol. The van der Waals surface area contributed by atoms with Gasteiger partial charge in [-0.15, -0.1) is 0 Å². The molecule has 1 aromatic rings. The van der Waals surface area contributed by atoms with E-state index in [0.29, 0.717) is 37.6 Å². The number of sulfonamides is 1. The maximum absolute atomic E-state index is 12.6. The van der Waals surface area contributed by atoms with Crippen LogP contribution in [0.3, 0.4) is 0 Å². The third-order valence-electron chi connectivity index (χ3n) is 3.57. The number of carbonyl (C=O) groups excluding carboxylic acids is 1. The van der Waals surface area contributed by atoms with Gasteiger partial charge in [-0.25, -0.2) is 18.2 Å². The standard InChI is InChI=1S/C17H26N2O5S/c1-5-25(21,22)19(18-9-11-23-12-10-18)15-8-6-7-14(13-15)16(20)24-17(2,3)4/h6-8,13H,5,9-12H2,1-4H3. The number of carbonyl (C=O) groups is 1. The topological polar surface area (TPSA) is 76.2 Å². The van der Waals surface area contributed by atoms with Crippen molar-refractivity contribution in [3.8, 4) is 0 Å². The van der Waals surface area contributed by atoms with Crippen LogP contribution in [0.1, 0.15) is 38.1 Å². The predicted molar refractivity (Wildman–Crippen MR) is 95.9 cm³/mol. The van der Waals surface area contributed by atoms with Crippen LogP contribution >= 0.6 is 0 Å². The smallest absolute Gasteiger partial charge is 0.338 e. The van der Waals surface area contributed by atoms with Crippen molar-refractivity contribution in [3.05, 3.63) is 29.8 Å². The Labute approximate surface area is 149 Å². The molecule has 1 heterocycles. The molecule has 1 aliphatic rings. The molecule has 0 N–H and O–H groups in total. The van der Waals surface area contributed by atoms with Gasteiger partial charge in [-0.3, -0.25) is 0 Å². The van der Waals surface area contributed by atoms with Crippen molar-refractivity contribution in [1.82, 2.24) is 5.01 Å². The molecule has 8 heteroatoms. The predicted octanol–water partition coefficient (Wildman–Crippen LogP) is 2.05. The molecule has 7 nitrogen and oxygen atoms in total. The fraction of sp³-hybridized carbons (Fsp3) is 0.588. The quantitative estimate of drug-likeness (QED) is 0.739. The summed E-state index contributed by atoms with van der Waals surface area (Å²) in [6.07, 6.45) is 0. The summed E-state index contributed by atoms with van der Waals surface area (Å²) in [4.78, 5) is 12.3. The molecular weight excluding hydrogens is 344 g/mol. The van der Waals surface area contributed by atoms with Gasteiger partial charge in [-0.2, -0.15) is 4.41 Å². The fourth-order valence-corrected chi connectivity index (χ4v) is 3.64. The second kappa shape index (κ2) is 7.72. The van der Waals surface area contributed by atoms with E-state index in [4.69, 9.17) is 9.47 Å². The van der Waals surface area contributed by atoms with E-state index in [-0.39, 0.29) is 5.75 Å². The molecule has 0 atom stereocenters. The zero-order chi connectivity index (χ0) is 18.7. The van der Waals surface area contributed by atoms with Gasteiger partial charge in [0.25, 0.3) is 0 Å². The molecule has 1 aromatic carbocycles. The van der Waals surface area contributed by atoms with Gasteiger partial charge in [0.1, 0.15) is 5.60 Å². The summed E-state index contributed by atoms with van der Waals surface area (Å²) < 4.78 is 37.2. The Morgan fingerprint density at radius 2 is 1.92 bits per heavy atom. The lowest BCUT2D eigenvalue weighted by molar-refractivity contribution is 0.00692. The molecule has 0 amide bonds. The van der Waals surface area contributed by atoms with Crippen LogP contribution in [0.4, 0.5) is 5.69 Å². The fourth-order valence-electron chi connectivity index (χ4n) is 2.45. The Balaban J connectivity index is 2.37. The van der Waals surface area contributed by atoms with Crippen molar-refractivity contribution in [2.75, 3.05) is 36.5 Å². The van der Waals surface area contributed by atoms with Gasteiger partial charge in [-0.1, -0.05) is 6.07 Å². The lowest BCUT2D eigenvalue weighted by atomic mass is 10.1. The number of hydrogen-bond donors (Lipinski definition) is 0. The minimum Gasteiger partial charge on any atom is -0.456 e. The number of benzene rings is 1. The molecule has 0 radical (unpaired) electrons. The van der Waals surface area contributed by atoms with Crippen LogP contribution in [-0.4, -0.2) is 57.1 Å². The number of esters is 1. The van der Waals surface area contributed by atoms with Gasteiger partial charge in [0.2, 0.25) is 10.0 Å². The number of anilines is 1. The molecule has 0 saturated carbocycles. The highest BCUT2D eigenvalue weighted by Crippen LogP contribution is 2.24. The van der Waals surface area contributed by atoms with Gasteiger partial charge in [0.15, 0.2) is 0 Å². The second-order valence-corrected chi connectivity index (χ2v) is 8.85. The van der Waals surface area contributed by atoms with Crippen molar-refractivity contribution in [2.24, 2.45) is 0 Å². The number of nitrogens with zero attached hydrogens (tertiary/aromatic N) is 2. The summed E-state index contributed by atoms with van der Waals surface area (Å²) in [6.45, 7) is 8.82. The summed E-state index contributed by atoms with van der Waals surface area (Å²) in [6, 6.07) is 6.51. The Bertz CT molecular complexity index is 706. The third-order valence-corrected chi connectivity index (χ3v) is 5.27. The molecule has 0 aliphatic carbocycles. The summed E-state index contributed by atoms with van der Waals surface area (Å²) in [5.74, 6) is -0.522. The van der Waals surface area contributed by atoms with Crippen molar-refractivity contribution < 1.29 is 22.7 Å². The van der Waals surface area contributed by atoms with Gasteiger partial charge < -0.3 is 9.47 Å². The first-order valence-corrected chi connectivity index (χ1v) is 9.94. The van der Waals surface area contributed by atoms with Crippen LogP contribution in [0.5, 0.6) is 0 Å². The van der Waals surface area contributed by atoms with E-state index in [1.807, 2.05) is 0 Å². The maximum Gasteiger partial charge on any atom is 0.338 e. The zero-order valence-electron chi connectivity index (χ0n) is 15.2. The highest BCUT2D eigenvalue weighted by Gasteiger charge is 2.29. The molecule has 25 heavy (non-hydrogen) atoms. The van der Waals surface area contributed by atoms with Crippen molar-refractivity contribution in [3.63, 3.8) is 0 Å². The molecule has 0 spiro atoms. The van der Waals surface area contributed by atoms with E-state index in [2.05, 4.69) is 0 Å². The van der Waals surface area contributed by atoms with Gasteiger partial charge in [0.05, 0.1) is 30.2 Å². The first kappa shape index (κ1) is 19.7. The molecule has 140 valence electrons. The maximum atomic E-state index is 12.6. The Morgan fingerprint density at radius 1 is 1.28 bits per heavy atom. The van der Waals surface area contributed by atoms with Crippen molar-refractivity contribution in [1.29, 1.82) is 0 Å². The average molecular weight is 370 g/mol. The third kappa shape index (κ3) is 5.17. The lowest BCUT2D eigenvalue weighted by Crippen LogP contribution is -2.52. The summed E-state index contributed by atoms with van der Waals surface area (Å²) in [7, 11) is -3.54. The number of rotatable bonds is 5. The van der Waals surface area contributed by atoms with E-state index < -0.39 is 21.6 Å². The summed E-state index contributed by atoms with van der Waals surface area (Å²) in [5.41, 5.74) is 0.121. The van der Waals surface area contributed by atoms with Crippen molar-refractivity contribution in [2.45, 2.75) is 33.3 Å². The summed E-state index contributed by atoms with van der Waals surface area (Å²) >= 11 is 0. The molecule has 1 fully saturated rings. The van der Waals surface area contributed by atoms with Gasteiger partial charge in [0, 0.05) is 13.1 Å². The van der Waals surface area contributed by atoms with Crippen LogP contribution in [0, 0.1) is 0 Å². The minimum atomic E-state index is -3.54. The Hall–Kier alpha value is -1.64. The average Bonchev–Trinajstić information content (AvgIpc) is 2.54. The van der Waals surface area contributed by atoms with Crippen LogP contribution in [0.2, 0.25) is 0 Å². The van der Waals surface area contributed by atoms with Crippen molar-refractivity contribution >= 4 is 21.7 Å². The molecule has 1 saturated heterocycles. The van der Waals surface area contributed by atoms with E-state index in [1.165, 1.54) is 4.41 Å². The van der Waals surface area contributed by atoms with Gasteiger partial charge in [-0.05, 0) is 45.9 Å². The Morgan fingerprint density at radius 3 is 2.48 bits per heavy atom. The summed E-state index contributed by atoms with van der Waals surface area (Å²) in [5, 5.41) is 1.73. The van der Waals surface area contributed by atoms with Gasteiger partial charge >= 0.3 is 5.97 Å². The molecular formula is C17H26N2O5S. The van der Waals surface area contributed by atoms with E-state index >= 15 is 0 Å². The largest absolute Gasteiger partial charge is 0.456 e. The van der Waals surface area contributed by atoms with Crippen LogP contribution < -0.4 is 4.41 Å². The number of ether oxygens (including phenoxy) is 2. The Kier molecular flexibility index (Phi) is 6.08. The van der Waals surface area contributed by atoms with E-state index in [9.17, 15) is 13.2 Å². The second-order valence-electron chi connectivity index (χ2n) is 6.76. The first-order chi connectivity index (χ1) is 11.6. The van der Waals surface area contributed by atoms with Crippen LogP contribution in [0.25, 0.3) is 0 Å². The molecule has 0 unspecified atom stereocenters. The molecule has 1 aliphatic heterocycles. The number of hydrazine groups is 1. The highest BCUT2D eigenvalue weighted by atomic mass is 32.2. The molecule has 2 rings (SSSR count). The zero-order valence-corrected chi connectivity index (χ0v) is 16.0. The minimum absolute atomic E-state index is 0.0407. The number of hydrogen-bond acceptors (Lipinski definition) is 6. The normalized spacial score (nSPS) is 16.5. The lowest BCUT2D eigenvalue weighted by Gasteiger charge is -2.37. The molecule has 0 bridgehead atoms. The van der Waals surface area contributed by atoms with E-state index in [0.717, 1.165) is 0 Å². The van der Waals surface area contributed by atoms with Crippen LogP contribution in [0.15, 0.2) is 24.3 Å². The first-order valence-electron chi connectivity index (χ1n) is 8.33. The SMILES string of the molecule is CCS(=O)(=O)N(c1cccc(C(=O)OC(C)(C)C)c1)N1CCOCC1. The number of morpholine rings is 1. The van der Waals surface area contributed by atoms with E-state index in [1.54, 1.807) is 57.0 Å². The molecule has 0 aromatic heterocycles. The highest BCUT2D eigenvalue weighted by molar-refractivity contribution is 7.92. The van der Waals surface area contributed by atoms with Crippen LogP contribution in [-0.2, 0) is 19.5 Å².